The van der Waals surface area contributed by atoms with Crippen molar-refractivity contribution in [1.82, 2.24) is 15.0 Å². The zero-order valence-electron chi connectivity index (χ0n) is 11.7. The van der Waals surface area contributed by atoms with Crippen molar-refractivity contribution in [2.45, 2.75) is 55.4 Å². The summed E-state index contributed by atoms with van der Waals surface area (Å²) in [4.78, 5) is 15.7. The zero-order chi connectivity index (χ0) is 13.8. The molecule has 0 spiro atoms. The first-order chi connectivity index (χ1) is 9.85. The van der Waals surface area contributed by atoms with Crippen LogP contribution in [0.1, 0.15) is 44.9 Å². The van der Waals surface area contributed by atoms with Gasteiger partial charge >= 0.3 is 0 Å². The number of nitrogen functional groups attached to an aromatic ring is 1. The van der Waals surface area contributed by atoms with Gasteiger partial charge in [-0.05, 0) is 32.1 Å². The molecule has 1 aliphatic heterocycles. The van der Waals surface area contributed by atoms with E-state index in [2.05, 4.69) is 25.3 Å². The number of nitrogens with one attached hydrogen (secondary N) is 1. The fraction of sp³-hybridized carbons (Fsp3) is 0.769. The molecule has 2 heterocycles. The topological polar surface area (TPSA) is 80.0 Å². The van der Waals surface area contributed by atoms with Crippen LogP contribution in [-0.4, -0.2) is 33.3 Å². The Labute approximate surface area is 123 Å². The van der Waals surface area contributed by atoms with Crippen molar-refractivity contribution in [2.75, 3.05) is 23.4 Å². The average Bonchev–Trinajstić information content (AvgIpc) is 3.00. The van der Waals surface area contributed by atoms with Gasteiger partial charge in [0, 0.05) is 18.3 Å². The lowest BCUT2D eigenvalue weighted by atomic mass is 10.1. The molecule has 3 rings (SSSR count). The number of rotatable bonds is 4. The van der Waals surface area contributed by atoms with Gasteiger partial charge in [-0.15, -0.1) is 0 Å². The molecule has 0 bridgehead atoms. The van der Waals surface area contributed by atoms with Crippen molar-refractivity contribution < 1.29 is 0 Å². The number of hydrazine groups is 1. The van der Waals surface area contributed by atoms with Gasteiger partial charge < -0.3 is 4.90 Å². The molecule has 7 heteroatoms. The second-order valence-electron chi connectivity index (χ2n) is 5.46. The minimum absolute atomic E-state index is 0.473. The first-order valence-corrected chi connectivity index (χ1v) is 8.37. The lowest BCUT2D eigenvalue weighted by Crippen LogP contribution is -2.31. The maximum absolute atomic E-state index is 5.49. The van der Waals surface area contributed by atoms with Crippen LogP contribution in [0.5, 0.6) is 0 Å². The van der Waals surface area contributed by atoms with E-state index in [0.717, 1.165) is 24.2 Å². The first kappa shape index (κ1) is 13.9. The van der Waals surface area contributed by atoms with Crippen LogP contribution in [-0.2, 0) is 0 Å². The second kappa shape index (κ2) is 6.58. The number of piperidine rings is 1. The highest BCUT2D eigenvalue weighted by Gasteiger charge is 2.20. The molecule has 1 aromatic rings. The van der Waals surface area contributed by atoms with E-state index in [1.165, 1.54) is 44.9 Å². The van der Waals surface area contributed by atoms with Crippen molar-refractivity contribution in [2.24, 2.45) is 5.84 Å². The van der Waals surface area contributed by atoms with Crippen LogP contribution in [0.3, 0.4) is 0 Å². The van der Waals surface area contributed by atoms with Crippen molar-refractivity contribution in [3.05, 3.63) is 0 Å². The van der Waals surface area contributed by atoms with Crippen LogP contribution in [0.25, 0.3) is 0 Å². The molecule has 2 fully saturated rings. The molecule has 110 valence electrons. The minimum Gasteiger partial charge on any atom is -0.341 e. The van der Waals surface area contributed by atoms with E-state index < -0.39 is 0 Å². The van der Waals surface area contributed by atoms with E-state index in [1.54, 1.807) is 11.8 Å². The summed E-state index contributed by atoms with van der Waals surface area (Å²) in [5.74, 6) is 6.74. The Morgan fingerprint density at radius 1 is 1.00 bits per heavy atom. The van der Waals surface area contributed by atoms with Crippen LogP contribution in [0.15, 0.2) is 5.16 Å². The summed E-state index contributed by atoms with van der Waals surface area (Å²) in [5, 5.41) is 1.46. The molecule has 6 nitrogen and oxygen atoms in total. The van der Waals surface area contributed by atoms with E-state index in [4.69, 9.17) is 5.84 Å². The number of anilines is 2. The Balaban J connectivity index is 1.77. The van der Waals surface area contributed by atoms with Crippen molar-refractivity contribution in [3.63, 3.8) is 0 Å². The monoisotopic (exact) mass is 294 g/mol. The number of nitrogens with zero attached hydrogens (tertiary/aromatic N) is 4. The van der Waals surface area contributed by atoms with Crippen LogP contribution in [0.4, 0.5) is 11.9 Å². The highest BCUT2D eigenvalue weighted by Crippen LogP contribution is 2.33. The van der Waals surface area contributed by atoms with Gasteiger partial charge in [0.25, 0.3) is 0 Å². The van der Waals surface area contributed by atoms with Gasteiger partial charge in [-0.3, -0.25) is 5.43 Å². The fourth-order valence-corrected chi connectivity index (χ4v) is 3.99. The predicted octanol–water partition coefficient (Wildman–Crippen LogP) is 2.18. The molecule has 3 N–H and O–H groups in total. The van der Waals surface area contributed by atoms with Gasteiger partial charge in [0.1, 0.15) is 0 Å². The van der Waals surface area contributed by atoms with E-state index >= 15 is 0 Å². The van der Waals surface area contributed by atoms with Gasteiger partial charge in [0.15, 0.2) is 5.16 Å². The molecule has 0 unspecified atom stereocenters. The summed E-state index contributed by atoms with van der Waals surface area (Å²) < 4.78 is 0. The standard InChI is InChI=1S/C13H22N6S/c14-18-11-15-12(19-8-4-1-5-9-19)17-13(16-11)20-10-6-2-3-7-10/h10H,1-9,14H2,(H,15,16,17,18). The van der Waals surface area contributed by atoms with Crippen LogP contribution < -0.4 is 16.2 Å². The maximum Gasteiger partial charge on any atom is 0.242 e. The molecule has 0 atom stereocenters. The smallest absolute Gasteiger partial charge is 0.242 e. The number of aromatic nitrogens is 3. The Bertz CT molecular complexity index is 442. The summed E-state index contributed by atoms with van der Waals surface area (Å²) in [5.41, 5.74) is 2.57. The van der Waals surface area contributed by atoms with E-state index in [9.17, 15) is 0 Å². The summed E-state index contributed by atoms with van der Waals surface area (Å²) in [6.45, 7) is 2.06. The molecule has 1 aromatic heterocycles. The number of thioether (sulfide) groups is 1. The molecule has 0 radical (unpaired) electrons. The fourth-order valence-electron chi connectivity index (χ4n) is 2.85. The SMILES string of the molecule is NNc1nc(SC2CCCC2)nc(N2CCCCC2)n1. The Kier molecular flexibility index (Phi) is 4.57. The molecule has 1 saturated heterocycles. The van der Waals surface area contributed by atoms with E-state index in [-0.39, 0.29) is 0 Å². The third-order valence-electron chi connectivity index (χ3n) is 3.95. The molecular formula is C13H22N6S. The maximum atomic E-state index is 5.49. The molecule has 1 saturated carbocycles. The van der Waals surface area contributed by atoms with Gasteiger partial charge in [0.2, 0.25) is 11.9 Å². The van der Waals surface area contributed by atoms with Gasteiger partial charge in [0.05, 0.1) is 0 Å². The zero-order valence-corrected chi connectivity index (χ0v) is 12.5. The quantitative estimate of drug-likeness (QED) is 0.650. The summed E-state index contributed by atoms with van der Waals surface area (Å²) in [6.07, 6.45) is 8.90. The molecule has 0 aromatic carbocycles. The summed E-state index contributed by atoms with van der Waals surface area (Å²) in [6, 6.07) is 0. The number of nitrogens with two attached hydrogens (primary N) is 1. The van der Waals surface area contributed by atoms with Crippen molar-refractivity contribution in [3.8, 4) is 0 Å². The van der Waals surface area contributed by atoms with Gasteiger partial charge in [-0.1, -0.05) is 24.6 Å². The number of hydrogen-bond donors (Lipinski definition) is 2. The third-order valence-corrected chi connectivity index (χ3v) is 5.14. The normalized spacial score (nSPS) is 20.4. The Hall–Kier alpha value is -1.08. The minimum atomic E-state index is 0.473. The predicted molar refractivity (Wildman–Crippen MR) is 81.8 cm³/mol. The van der Waals surface area contributed by atoms with E-state index in [1.807, 2.05) is 0 Å². The lowest BCUT2D eigenvalue weighted by molar-refractivity contribution is 0.565. The van der Waals surface area contributed by atoms with Crippen LogP contribution in [0, 0.1) is 0 Å². The second-order valence-corrected chi connectivity index (χ2v) is 6.73. The summed E-state index contributed by atoms with van der Waals surface area (Å²) >= 11 is 1.77. The molecule has 20 heavy (non-hydrogen) atoms. The first-order valence-electron chi connectivity index (χ1n) is 7.49. The largest absolute Gasteiger partial charge is 0.341 e. The van der Waals surface area contributed by atoms with Crippen LogP contribution in [0.2, 0.25) is 0 Å². The average molecular weight is 294 g/mol. The summed E-state index contributed by atoms with van der Waals surface area (Å²) in [7, 11) is 0. The highest BCUT2D eigenvalue weighted by atomic mass is 32.2. The van der Waals surface area contributed by atoms with Gasteiger partial charge in [-0.25, -0.2) is 5.84 Å². The number of hydrogen-bond acceptors (Lipinski definition) is 7. The van der Waals surface area contributed by atoms with Crippen LogP contribution >= 0.6 is 11.8 Å². The Morgan fingerprint density at radius 3 is 2.45 bits per heavy atom. The Morgan fingerprint density at radius 2 is 1.75 bits per heavy atom. The molecular weight excluding hydrogens is 272 g/mol. The lowest BCUT2D eigenvalue weighted by Gasteiger charge is -2.26. The van der Waals surface area contributed by atoms with E-state index in [0.29, 0.717) is 11.2 Å². The van der Waals surface area contributed by atoms with Crippen molar-refractivity contribution in [1.29, 1.82) is 0 Å². The third kappa shape index (κ3) is 3.32. The molecule has 1 aliphatic carbocycles. The van der Waals surface area contributed by atoms with Crippen molar-refractivity contribution >= 4 is 23.7 Å². The molecule has 2 aliphatic rings. The van der Waals surface area contributed by atoms with Gasteiger partial charge in [-0.2, -0.15) is 15.0 Å². The highest BCUT2D eigenvalue weighted by molar-refractivity contribution is 7.99. The molecule has 0 amide bonds.